The first-order valence-corrected chi connectivity index (χ1v) is 8.59. The summed E-state index contributed by atoms with van der Waals surface area (Å²) in [7, 11) is 0. The fraction of sp³-hybridized carbons (Fsp3) is 0.333. The molecule has 1 aliphatic rings. The molecule has 0 bridgehead atoms. The lowest BCUT2D eigenvalue weighted by Crippen LogP contribution is -2.42. The van der Waals surface area contributed by atoms with E-state index in [0.29, 0.717) is 18.7 Å². The molecule has 2 aromatic rings. The molecule has 1 aromatic carbocycles. The Labute approximate surface area is 159 Å². The lowest BCUT2D eigenvalue weighted by atomic mass is 10.1. The molecular weight excluding hydrogens is 375 g/mol. The summed E-state index contributed by atoms with van der Waals surface area (Å²) in [6, 6.07) is 3.59. The van der Waals surface area contributed by atoms with Crippen LogP contribution in [0.4, 0.5) is 13.2 Å². The van der Waals surface area contributed by atoms with E-state index in [2.05, 4.69) is 10.1 Å². The van der Waals surface area contributed by atoms with Crippen LogP contribution in [0, 0.1) is 6.92 Å². The van der Waals surface area contributed by atoms with Gasteiger partial charge in [0, 0.05) is 30.8 Å². The van der Waals surface area contributed by atoms with Crippen LogP contribution in [0.1, 0.15) is 24.5 Å². The van der Waals surface area contributed by atoms with Gasteiger partial charge in [-0.3, -0.25) is 14.6 Å². The van der Waals surface area contributed by atoms with E-state index in [1.54, 1.807) is 19.9 Å². The molecule has 0 atom stereocenters. The van der Waals surface area contributed by atoms with Gasteiger partial charge in [-0.05, 0) is 37.6 Å². The molecule has 0 unspecified atom stereocenters. The first kappa shape index (κ1) is 19.6. The molecule has 28 heavy (non-hydrogen) atoms. The second-order valence-corrected chi connectivity index (χ2v) is 6.27. The molecule has 1 saturated heterocycles. The standard InChI is InChI=1S/C18H18F3N5O2/c1-3-25-15(27)5-7-26(25)16(28)4-6-24-11-22-17(23-24)13-8-12(2)9-14(10-13)18(19,20)21/h4,6,8-11H,3,5,7H2,1-2H3/b6-4-. The van der Waals surface area contributed by atoms with Crippen LogP contribution in [0.2, 0.25) is 0 Å². The number of aryl methyl sites for hydroxylation is 1. The number of nitrogens with zero attached hydrogens (tertiary/aromatic N) is 5. The van der Waals surface area contributed by atoms with Crippen molar-refractivity contribution in [2.24, 2.45) is 0 Å². The summed E-state index contributed by atoms with van der Waals surface area (Å²) >= 11 is 0. The second kappa shape index (κ2) is 7.45. The number of alkyl halides is 3. The van der Waals surface area contributed by atoms with Crippen molar-refractivity contribution in [2.75, 3.05) is 13.1 Å². The Balaban J connectivity index is 1.78. The topological polar surface area (TPSA) is 71.3 Å². The third-order valence-corrected chi connectivity index (χ3v) is 4.21. The highest BCUT2D eigenvalue weighted by atomic mass is 19.4. The van der Waals surface area contributed by atoms with Crippen LogP contribution in [-0.4, -0.2) is 49.7 Å². The molecule has 2 amide bonds. The highest BCUT2D eigenvalue weighted by Gasteiger charge is 2.31. The number of hydrogen-bond donors (Lipinski definition) is 0. The van der Waals surface area contributed by atoms with E-state index >= 15 is 0 Å². The maximum absolute atomic E-state index is 13.0. The Kier molecular flexibility index (Phi) is 5.21. The molecule has 1 aliphatic heterocycles. The first-order chi connectivity index (χ1) is 13.2. The third kappa shape index (κ3) is 4.05. The number of rotatable bonds is 4. The zero-order chi connectivity index (χ0) is 20.5. The van der Waals surface area contributed by atoms with Gasteiger partial charge < -0.3 is 0 Å². The summed E-state index contributed by atoms with van der Waals surface area (Å²) in [6.45, 7) is 4.03. The van der Waals surface area contributed by atoms with Crippen molar-refractivity contribution in [2.45, 2.75) is 26.4 Å². The predicted octanol–water partition coefficient (Wildman–Crippen LogP) is 2.74. The van der Waals surface area contributed by atoms with Crippen molar-refractivity contribution in [3.8, 4) is 11.4 Å². The number of hydrogen-bond acceptors (Lipinski definition) is 4. The predicted molar refractivity (Wildman–Crippen MR) is 94.2 cm³/mol. The van der Waals surface area contributed by atoms with E-state index in [1.807, 2.05) is 0 Å². The van der Waals surface area contributed by atoms with Gasteiger partial charge in [0.2, 0.25) is 5.91 Å². The van der Waals surface area contributed by atoms with Gasteiger partial charge in [-0.2, -0.15) is 13.2 Å². The van der Waals surface area contributed by atoms with E-state index < -0.39 is 11.7 Å². The molecule has 3 rings (SSSR count). The minimum absolute atomic E-state index is 0.109. The summed E-state index contributed by atoms with van der Waals surface area (Å²) in [5.74, 6) is -0.398. The molecule has 0 N–H and O–H groups in total. The Bertz CT molecular complexity index is 936. The number of hydrazine groups is 1. The Morgan fingerprint density at radius 1 is 1.29 bits per heavy atom. The molecular formula is C18H18F3N5O2. The number of aromatic nitrogens is 3. The Morgan fingerprint density at radius 2 is 2.04 bits per heavy atom. The van der Waals surface area contributed by atoms with Gasteiger partial charge in [0.05, 0.1) is 12.1 Å². The Morgan fingerprint density at radius 3 is 2.71 bits per heavy atom. The summed E-state index contributed by atoms with van der Waals surface area (Å²) < 4.78 is 40.2. The van der Waals surface area contributed by atoms with Gasteiger partial charge in [0.25, 0.3) is 5.91 Å². The van der Waals surface area contributed by atoms with Gasteiger partial charge >= 0.3 is 6.18 Å². The number of carbonyl (C=O) groups excluding carboxylic acids is 2. The van der Waals surface area contributed by atoms with Crippen LogP contribution in [0.3, 0.4) is 0 Å². The van der Waals surface area contributed by atoms with Crippen molar-refractivity contribution in [3.05, 3.63) is 41.7 Å². The smallest absolute Gasteiger partial charge is 0.273 e. The summed E-state index contributed by atoms with van der Waals surface area (Å²) in [6.07, 6.45) is -0.321. The number of benzene rings is 1. The number of amides is 2. The zero-order valence-corrected chi connectivity index (χ0v) is 15.3. The minimum Gasteiger partial charge on any atom is -0.273 e. The monoisotopic (exact) mass is 393 g/mol. The van der Waals surface area contributed by atoms with Gasteiger partial charge in [-0.1, -0.05) is 0 Å². The maximum atomic E-state index is 13.0. The average Bonchev–Trinajstić information content (AvgIpc) is 3.25. The molecule has 148 valence electrons. The molecule has 7 nitrogen and oxygen atoms in total. The van der Waals surface area contributed by atoms with Crippen molar-refractivity contribution in [1.29, 1.82) is 0 Å². The highest BCUT2D eigenvalue weighted by molar-refractivity contribution is 5.93. The average molecular weight is 393 g/mol. The van der Waals surface area contributed by atoms with Gasteiger partial charge in [0.1, 0.15) is 6.33 Å². The van der Waals surface area contributed by atoms with E-state index in [4.69, 9.17) is 0 Å². The van der Waals surface area contributed by atoms with Crippen LogP contribution in [0.25, 0.3) is 17.6 Å². The summed E-state index contributed by atoms with van der Waals surface area (Å²) in [5, 5.41) is 6.80. The normalized spacial score (nSPS) is 15.1. The van der Waals surface area contributed by atoms with E-state index in [1.165, 1.54) is 33.3 Å². The van der Waals surface area contributed by atoms with Crippen LogP contribution in [0.5, 0.6) is 0 Å². The highest BCUT2D eigenvalue weighted by Crippen LogP contribution is 2.32. The van der Waals surface area contributed by atoms with E-state index in [-0.39, 0.29) is 29.6 Å². The largest absolute Gasteiger partial charge is 0.416 e. The second-order valence-electron chi connectivity index (χ2n) is 6.27. The summed E-state index contributed by atoms with van der Waals surface area (Å²) in [5.41, 5.74) is -0.110. The van der Waals surface area contributed by atoms with Crippen LogP contribution >= 0.6 is 0 Å². The molecule has 0 aliphatic carbocycles. The molecule has 0 radical (unpaired) electrons. The van der Waals surface area contributed by atoms with Crippen LogP contribution < -0.4 is 0 Å². The third-order valence-electron chi connectivity index (χ3n) is 4.21. The minimum atomic E-state index is -4.46. The molecule has 2 heterocycles. The quantitative estimate of drug-likeness (QED) is 0.749. The number of carbonyl (C=O) groups is 2. The lowest BCUT2D eigenvalue weighted by molar-refractivity contribution is -0.150. The van der Waals surface area contributed by atoms with Gasteiger partial charge in [-0.25, -0.2) is 14.7 Å². The fourth-order valence-corrected chi connectivity index (χ4v) is 2.94. The molecule has 1 aromatic heterocycles. The number of halogens is 3. The van der Waals surface area contributed by atoms with Gasteiger partial charge in [-0.15, -0.1) is 5.10 Å². The molecule has 10 heteroatoms. The van der Waals surface area contributed by atoms with Crippen molar-refractivity contribution in [3.63, 3.8) is 0 Å². The molecule has 1 fully saturated rings. The molecule has 0 saturated carbocycles. The van der Waals surface area contributed by atoms with Crippen molar-refractivity contribution in [1.82, 2.24) is 24.8 Å². The first-order valence-electron chi connectivity index (χ1n) is 8.59. The van der Waals surface area contributed by atoms with Gasteiger partial charge in [0.15, 0.2) is 5.82 Å². The van der Waals surface area contributed by atoms with Crippen molar-refractivity contribution >= 4 is 18.0 Å². The Hall–Kier alpha value is -3.17. The van der Waals surface area contributed by atoms with E-state index in [0.717, 1.165) is 12.1 Å². The van der Waals surface area contributed by atoms with Crippen LogP contribution in [0.15, 0.2) is 30.6 Å². The summed E-state index contributed by atoms with van der Waals surface area (Å²) in [4.78, 5) is 28.0. The maximum Gasteiger partial charge on any atom is 0.416 e. The fourth-order valence-electron chi connectivity index (χ4n) is 2.94. The van der Waals surface area contributed by atoms with Crippen molar-refractivity contribution < 1.29 is 22.8 Å². The lowest BCUT2D eigenvalue weighted by Gasteiger charge is -2.25. The van der Waals surface area contributed by atoms with E-state index in [9.17, 15) is 22.8 Å². The SMILES string of the molecule is CCN1C(=O)CCN1C(=O)/C=C\n1cnc(-c2cc(C)cc(C(F)(F)F)c2)n1. The molecule has 0 spiro atoms. The zero-order valence-electron chi connectivity index (χ0n) is 15.3. The van der Waals surface area contributed by atoms with Crippen LogP contribution in [-0.2, 0) is 15.8 Å².